The highest BCUT2D eigenvalue weighted by atomic mass is 16.7. The first kappa shape index (κ1) is 20.5. The van der Waals surface area contributed by atoms with Crippen LogP contribution < -0.4 is 0 Å². The average Bonchev–Trinajstić information content (AvgIpc) is 3.33. The normalized spacial score (nSPS) is 49.5. The van der Waals surface area contributed by atoms with Crippen molar-refractivity contribution < 1.29 is 23.8 Å². The molecule has 0 bridgehead atoms. The Hall–Kier alpha value is -1.36. The molecule has 1 aliphatic heterocycles. The zero-order chi connectivity index (χ0) is 21.5. The predicted octanol–water partition coefficient (Wildman–Crippen LogP) is 4.58. The predicted molar refractivity (Wildman–Crippen MR) is 111 cm³/mol. The molecule has 0 aromatic carbocycles. The van der Waals surface area contributed by atoms with Crippen LogP contribution in [0, 0.1) is 28.6 Å². The first-order valence-electron chi connectivity index (χ1n) is 11.8. The van der Waals surface area contributed by atoms with Crippen molar-refractivity contribution in [2.24, 2.45) is 28.6 Å². The van der Waals surface area contributed by atoms with Crippen LogP contribution in [0.25, 0.3) is 0 Å². The van der Waals surface area contributed by atoms with Crippen molar-refractivity contribution in [3.05, 3.63) is 11.6 Å². The fourth-order valence-electron chi connectivity index (χ4n) is 8.52. The van der Waals surface area contributed by atoms with Crippen molar-refractivity contribution in [1.82, 2.24) is 0 Å². The SMILES string of the molecule is CC(=O)O[C@H]1CC[C@@]2(C)C(=CC[C@H]3[C@H]2CC[C@@]2(C)[C@@H]3C[C@@H]3O[C@@]32[C@H](C)OC(C)=O)C1. The molecule has 3 saturated carbocycles. The van der Waals surface area contributed by atoms with E-state index in [1.165, 1.54) is 25.8 Å². The summed E-state index contributed by atoms with van der Waals surface area (Å²) in [4.78, 5) is 23.1. The summed E-state index contributed by atoms with van der Waals surface area (Å²) < 4.78 is 17.5. The number of esters is 2. The lowest BCUT2D eigenvalue weighted by Gasteiger charge is -2.58. The fourth-order valence-corrected chi connectivity index (χ4v) is 8.52. The molecule has 30 heavy (non-hydrogen) atoms. The smallest absolute Gasteiger partial charge is 0.302 e. The lowest BCUT2D eigenvalue weighted by atomic mass is 9.47. The summed E-state index contributed by atoms with van der Waals surface area (Å²) in [7, 11) is 0. The lowest BCUT2D eigenvalue weighted by molar-refractivity contribution is -0.159. The Morgan fingerprint density at radius 2 is 1.90 bits per heavy atom. The zero-order valence-electron chi connectivity index (χ0n) is 19.0. The number of fused-ring (bicyclic) bond motifs is 7. The van der Waals surface area contributed by atoms with Gasteiger partial charge < -0.3 is 14.2 Å². The van der Waals surface area contributed by atoms with Gasteiger partial charge in [-0.2, -0.15) is 0 Å². The monoisotopic (exact) mass is 416 g/mol. The number of hydrogen-bond donors (Lipinski definition) is 0. The van der Waals surface area contributed by atoms with Crippen LogP contribution in [-0.2, 0) is 23.8 Å². The maximum atomic E-state index is 11.6. The summed E-state index contributed by atoms with van der Waals surface area (Å²) in [6, 6.07) is 0. The highest BCUT2D eigenvalue weighted by Crippen LogP contribution is 2.74. The molecule has 166 valence electrons. The molecule has 1 saturated heterocycles. The topological polar surface area (TPSA) is 65.1 Å². The van der Waals surface area contributed by atoms with E-state index in [2.05, 4.69) is 19.9 Å². The van der Waals surface area contributed by atoms with E-state index in [1.807, 2.05) is 6.92 Å². The Kier molecular flexibility index (Phi) is 4.50. The van der Waals surface area contributed by atoms with Crippen LogP contribution in [0.4, 0.5) is 0 Å². The quantitative estimate of drug-likeness (QED) is 0.383. The molecule has 0 aromatic rings. The summed E-state index contributed by atoms with van der Waals surface area (Å²) in [5, 5.41) is 0. The fraction of sp³-hybridized carbons (Fsp3) is 0.840. The molecule has 0 aromatic heterocycles. The van der Waals surface area contributed by atoms with Crippen LogP contribution in [0.5, 0.6) is 0 Å². The second kappa shape index (κ2) is 6.57. The molecule has 0 amide bonds. The second-order valence-electron chi connectivity index (χ2n) is 11.1. The number of epoxide rings is 1. The van der Waals surface area contributed by atoms with Crippen molar-refractivity contribution in [1.29, 1.82) is 0 Å². The maximum absolute atomic E-state index is 11.6. The molecule has 5 heteroatoms. The molecule has 0 N–H and O–H groups in total. The summed E-state index contributed by atoms with van der Waals surface area (Å²) in [5.74, 6) is 1.60. The standard InChI is InChI=1S/C25H36O5/c1-14(28-15(2)26)25-22(30-25)13-21-19-7-6-17-12-18(29-16(3)27)8-10-23(17,4)20(19)9-11-24(21,25)5/h6,14,18-22H,7-13H2,1-5H3/t14-,18-,19-,20+,21+,22-,23-,24-,25-/m0/s1. The molecule has 0 spiro atoms. The molecular weight excluding hydrogens is 380 g/mol. The molecule has 5 nitrogen and oxygen atoms in total. The Labute approximate surface area is 179 Å². The van der Waals surface area contributed by atoms with Crippen LogP contribution in [0.15, 0.2) is 11.6 Å². The number of carbonyl (C=O) groups is 2. The van der Waals surface area contributed by atoms with E-state index in [-0.39, 0.29) is 46.7 Å². The van der Waals surface area contributed by atoms with Crippen molar-refractivity contribution in [3.63, 3.8) is 0 Å². The highest BCUT2D eigenvalue weighted by molar-refractivity contribution is 5.66. The van der Waals surface area contributed by atoms with Crippen LogP contribution in [0.1, 0.15) is 79.6 Å². The van der Waals surface area contributed by atoms with Crippen LogP contribution in [0.2, 0.25) is 0 Å². The van der Waals surface area contributed by atoms with Crippen LogP contribution >= 0.6 is 0 Å². The van der Waals surface area contributed by atoms with Crippen molar-refractivity contribution >= 4 is 11.9 Å². The highest BCUT2D eigenvalue weighted by Gasteiger charge is 2.79. The number of ether oxygens (including phenoxy) is 3. The number of carbonyl (C=O) groups excluding carboxylic acids is 2. The van der Waals surface area contributed by atoms with Crippen LogP contribution in [-0.4, -0.2) is 35.9 Å². The summed E-state index contributed by atoms with van der Waals surface area (Å²) in [6.45, 7) is 9.90. The molecule has 0 unspecified atom stereocenters. The zero-order valence-corrected chi connectivity index (χ0v) is 19.0. The third-order valence-electron chi connectivity index (χ3n) is 9.85. The first-order chi connectivity index (χ1) is 14.1. The van der Waals surface area contributed by atoms with E-state index >= 15 is 0 Å². The van der Waals surface area contributed by atoms with E-state index < -0.39 is 0 Å². The molecule has 9 atom stereocenters. The molecule has 0 radical (unpaired) electrons. The van der Waals surface area contributed by atoms with Gasteiger partial charge in [-0.1, -0.05) is 25.5 Å². The van der Waals surface area contributed by atoms with Gasteiger partial charge in [0.25, 0.3) is 0 Å². The van der Waals surface area contributed by atoms with Gasteiger partial charge in [0.2, 0.25) is 0 Å². The Bertz CT molecular complexity index is 803. The Morgan fingerprint density at radius 3 is 2.60 bits per heavy atom. The Morgan fingerprint density at radius 1 is 1.13 bits per heavy atom. The van der Waals surface area contributed by atoms with E-state index in [0.717, 1.165) is 38.5 Å². The molecule has 1 heterocycles. The van der Waals surface area contributed by atoms with Gasteiger partial charge in [0.1, 0.15) is 17.8 Å². The molecular formula is C25H36O5. The van der Waals surface area contributed by atoms with E-state index in [1.54, 1.807) is 0 Å². The Balaban J connectivity index is 1.40. The minimum atomic E-state index is -0.286. The minimum Gasteiger partial charge on any atom is -0.462 e. The molecule has 4 aliphatic carbocycles. The molecule has 4 fully saturated rings. The van der Waals surface area contributed by atoms with Gasteiger partial charge in [0.15, 0.2) is 0 Å². The summed E-state index contributed by atoms with van der Waals surface area (Å²) >= 11 is 0. The minimum absolute atomic E-state index is 0.0487. The van der Waals surface area contributed by atoms with Gasteiger partial charge in [-0.3, -0.25) is 9.59 Å². The van der Waals surface area contributed by atoms with E-state index in [9.17, 15) is 9.59 Å². The van der Waals surface area contributed by atoms with Crippen molar-refractivity contribution in [3.8, 4) is 0 Å². The number of hydrogen-bond acceptors (Lipinski definition) is 5. The third kappa shape index (κ3) is 2.63. The first-order valence-corrected chi connectivity index (χ1v) is 11.8. The van der Waals surface area contributed by atoms with Gasteiger partial charge in [-0.05, 0) is 68.6 Å². The molecule has 5 aliphatic rings. The van der Waals surface area contributed by atoms with Crippen molar-refractivity contribution in [2.75, 3.05) is 0 Å². The lowest BCUT2D eigenvalue weighted by Crippen LogP contribution is -2.55. The van der Waals surface area contributed by atoms with Gasteiger partial charge >= 0.3 is 11.9 Å². The average molecular weight is 417 g/mol. The van der Waals surface area contributed by atoms with Crippen molar-refractivity contribution in [2.45, 2.75) is 103 Å². The van der Waals surface area contributed by atoms with E-state index in [0.29, 0.717) is 17.8 Å². The largest absolute Gasteiger partial charge is 0.462 e. The maximum Gasteiger partial charge on any atom is 0.302 e. The van der Waals surface area contributed by atoms with Gasteiger partial charge in [0.05, 0.1) is 6.10 Å². The third-order valence-corrected chi connectivity index (χ3v) is 9.85. The second-order valence-corrected chi connectivity index (χ2v) is 11.1. The number of rotatable bonds is 3. The van der Waals surface area contributed by atoms with Gasteiger partial charge in [0, 0.05) is 25.7 Å². The van der Waals surface area contributed by atoms with Gasteiger partial charge in [-0.15, -0.1) is 0 Å². The number of allylic oxidation sites excluding steroid dienone is 1. The van der Waals surface area contributed by atoms with E-state index in [4.69, 9.17) is 14.2 Å². The molecule has 5 rings (SSSR count). The summed E-state index contributed by atoms with van der Waals surface area (Å²) in [6.07, 6.45) is 10.1. The van der Waals surface area contributed by atoms with Gasteiger partial charge in [-0.25, -0.2) is 0 Å². The summed E-state index contributed by atoms with van der Waals surface area (Å²) in [5.41, 5.74) is 1.53. The van der Waals surface area contributed by atoms with Crippen LogP contribution in [0.3, 0.4) is 0 Å².